The van der Waals surface area contributed by atoms with Crippen molar-refractivity contribution in [2.75, 3.05) is 6.61 Å². The van der Waals surface area contributed by atoms with Crippen LogP contribution in [0.25, 0.3) is 5.69 Å². The molecule has 9 nitrogen and oxygen atoms in total. The number of nitrogens with zero attached hydrogens (tertiary/aromatic N) is 8. The van der Waals surface area contributed by atoms with E-state index in [0.29, 0.717) is 6.54 Å². The van der Waals surface area contributed by atoms with Crippen molar-refractivity contribution in [3.8, 4) is 5.69 Å². The Morgan fingerprint density at radius 2 is 2.04 bits per heavy atom. The van der Waals surface area contributed by atoms with Gasteiger partial charge in [0.25, 0.3) is 0 Å². The van der Waals surface area contributed by atoms with Gasteiger partial charge in [0, 0.05) is 6.61 Å². The summed E-state index contributed by atoms with van der Waals surface area (Å²) in [4.78, 5) is 0. The van der Waals surface area contributed by atoms with Gasteiger partial charge in [-0.1, -0.05) is 30.0 Å². The molecular weight excluding hydrogens is 340 g/mol. The van der Waals surface area contributed by atoms with Crippen LogP contribution in [0.4, 0.5) is 0 Å². The summed E-state index contributed by atoms with van der Waals surface area (Å²) in [6.07, 6.45) is 2.33. The van der Waals surface area contributed by atoms with Crippen LogP contribution in [0.2, 0.25) is 0 Å². The number of benzene rings is 1. The summed E-state index contributed by atoms with van der Waals surface area (Å²) in [6.45, 7) is 3.53. The molecule has 0 aliphatic carbocycles. The quantitative estimate of drug-likeness (QED) is 0.614. The largest absolute Gasteiger partial charge is 0.376 e. The van der Waals surface area contributed by atoms with Gasteiger partial charge in [-0.25, -0.2) is 4.68 Å². The summed E-state index contributed by atoms with van der Waals surface area (Å²) in [5, 5.41) is 24.9. The van der Waals surface area contributed by atoms with E-state index in [1.807, 2.05) is 37.3 Å². The zero-order valence-electron chi connectivity index (χ0n) is 13.8. The van der Waals surface area contributed by atoms with Crippen LogP contribution in [0.3, 0.4) is 0 Å². The molecule has 2 atom stereocenters. The third-order valence-corrected chi connectivity index (χ3v) is 5.11. The second kappa shape index (κ2) is 7.28. The molecule has 3 aromatic rings. The molecule has 0 spiro atoms. The summed E-state index contributed by atoms with van der Waals surface area (Å²) in [7, 11) is 0. The van der Waals surface area contributed by atoms with E-state index in [1.54, 1.807) is 9.36 Å². The van der Waals surface area contributed by atoms with Gasteiger partial charge in [-0.2, -0.15) is 4.68 Å². The average molecular weight is 358 g/mol. The molecule has 4 rings (SSSR count). The molecule has 1 fully saturated rings. The van der Waals surface area contributed by atoms with E-state index in [4.69, 9.17) is 4.74 Å². The van der Waals surface area contributed by atoms with E-state index in [-0.39, 0.29) is 11.4 Å². The minimum Gasteiger partial charge on any atom is -0.376 e. The molecular formula is C15H18N8OS. The van der Waals surface area contributed by atoms with Gasteiger partial charge in [0.15, 0.2) is 5.82 Å². The first-order chi connectivity index (χ1) is 12.3. The molecule has 0 bridgehead atoms. The van der Waals surface area contributed by atoms with E-state index in [1.165, 1.54) is 11.8 Å². The third kappa shape index (κ3) is 3.54. The molecule has 25 heavy (non-hydrogen) atoms. The van der Waals surface area contributed by atoms with Gasteiger partial charge in [0.1, 0.15) is 0 Å². The smallest absolute Gasteiger partial charge is 0.210 e. The highest BCUT2D eigenvalue weighted by molar-refractivity contribution is 7.99. The Labute approximate surface area is 148 Å². The second-order valence-electron chi connectivity index (χ2n) is 5.82. The monoisotopic (exact) mass is 358 g/mol. The number of tetrazole rings is 2. The minimum atomic E-state index is -0.00977. The summed E-state index contributed by atoms with van der Waals surface area (Å²) in [5.41, 5.74) is 0.925. The lowest BCUT2D eigenvalue weighted by Gasteiger charge is -2.13. The molecule has 3 heterocycles. The molecule has 0 N–H and O–H groups in total. The van der Waals surface area contributed by atoms with Crippen molar-refractivity contribution in [2.45, 2.75) is 42.8 Å². The number of ether oxygens (including phenoxy) is 1. The van der Waals surface area contributed by atoms with Crippen molar-refractivity contribution in [3.05, 3.63) is 36.2 Å². The molecule has 1 aliphatic heterocycles. The van der Waals surface area contributed by atoms with E-state index in [2.05, 4.69) is 31.1 Å². The fraction of sp³-hybridized carbons (Fsp3) is 0.467. The minimum absolute atomic E-state index is 0.00977. The predicted octanol–water partition coefficient (Wildman–Crippen LogP) is 1.68. The maximum atomic E-state index is 5.67. The molecule has 0 radical (unpaired) electrons. The van der Waals surface area contributed by atoms with Gasteiger partial charge in [0.2, 0.25) is 5.16 Å². The maximum Gasteiger partial charge on any atom is 0.210 e. The highest BCUT2D eigenvalue weighted by Gasteiger charge is 2.23. The van der Waals surface area contributed by atoms with Crippen LogP contribution in [0, 0.1) is 0 Å². The number of hydrogen-bond donors (Lipinski definition) is 0. The van der Waals surface area contributed by atoms with Crippen LogP contribution in [0.15, 0.2) is 35.5 Å². The number of para-hydroxylation sites is 1. The zero-order chi connectivity index (χ0) is 17.1. The van der Waals surface area contributed by atoms with Crippen molar-refractivity contribution in [1.29, 1.82) is 0 Å². The maximum absolute atomic E-state index is 5.67. The summed E-state index contributed by atoms with van der Waals surface area (Å²) < 4.78 is 9.21. The van der Waals surface area contributed by atoms with Crippen LogP contribution in [-0.4, -0.2) is 53.1 Å². The number of aromatic nitrogens is 8. The Bertz CT molecular complexity index is 814. The number of hydrogen-bond acceptors (Lipinski definition) is 8. The van der Waals surface area contributed by atoms with Crippen LogP contribution in [0.5, 0.6) is 0 Å². The van der Waals surface area contributed by atoms with Crippen LogP contribution >= 0.6 is 11.8 Å². The van der Waals surface area contributed by atoms with Crippen molar-refractivity contribution in [1.82, 2.24) is 40.4 Å². The first-order valence-corrected chi connectivity index (χ1v) is 9.07. The van der Waals surface area contributed by atoms with Crippen molar-refractivity contribution in [3.63, 3.8) is 0 Å². The Morgan fingerprint density at radius 1 is 1.20 bits per heavy atom. The van der Waals surface area contributed by atoms with Crippen LogP contribution < -0.4 is 0 Å². The fourth-order valence-electron chi connectivity index (χ4n) is 2.79. The fourth-order valence-corrected chi connectivity index (χ4v) is 3.67. The Morgan fingerprint density at radius 3 is 2.84 bits per heavy atom. The van der Waals surface area contributed by atoms with E-state index in [0.717, 1.165) is 36.1 Å². The molecule has 1 aliphatic rings. The van der Waals surface area contributed by atoms with Crippen molar-refractivity contribution < 1.29 is 4.74 Å². The average Bonchev–Trinajstić information content (AvgIpc) is 3.38. The van der Waals surface area contributed by atoms with Gasteiger partial charge in [-0.15, -0.1) is 10.2 Å². The predicted molar refractivity (Wildman–Crippen MR) is 90.2 cm³/mol. The summed E-state index contributed by atoms with van der Waals surface area (Å²) >= 11 is 1.53. The lowest BCUT2D eigenvalue weighted by Crippen LogP contribution is -2.17. The van der Waals surface area contributed by atoms with Crippen molar-refractivity contribution >= 4 is 11.8 Å². The highest BCUT2D eigenvalue weighted by Crippen LogP contribution is 2.32. The van der Waals surface area contributed by atoms with Gasteiger partial charge in [0.05, 0.1) is 23.6 Å². The summed E-state index contributed by atoms with van der Waals surface area (Å²) in [6, 6.07) is 9.82. The molecule has 1 saturated heterocycles. The molecule has 1 aromatic carbocycles. The van der Waals surface area contributed by atoms with Crippen LogP contribution in [0.1, 0.15) is 30.8 Å². The van der Waals surface area contributed by atoms with E-state index in [9.17, 15) is 0 Å². The van der Waals surface area contributed by atoms with Gasteiger partial charge < -0.3 is 4.74 Å². The topological polar surface area (TPSA) is 96.4 Å². The SMILES string of the molecule is C[C@@H](Sc1nnnn1C[C@@H]1CCCO1)c1nnnn1-c1ccccc1. The normalized spacial score (nSPS) is 18.5. The zero-order valence-corrected chi connectivity index (χ0v) is 14.6. The van der Waals surface area contributed by atoms with E-state index >= 15 is 0 Å². The molecule has 0 unspecified atom stereocenters. The molecule has 130 valence electrons. The van der Waals surface area contributed by atoms with Gasteiger partial charge >= 0.3 is 0 Å². The van der Waals surface area contributed by atoms with Gasteiger partial charge in [-0.05, 0) is 52.8 Å². The number of rotatable bonds is 6. The standard InChI is InChI=1S/C15H18N8OS/c1-11(14-16-18-21-23(14)12-6-3-2-4-7-12)25-15-17-19-20-22(15)10-13-8-5-9-24-13/h2-4,6-7,11,13H,5,8-10H2,1H3/t11-,13+/m1/s1. The second-order valence-corrected chi connectivity index (χ2v) is 7.13. The lowest BCUT2D eigenvalue weighted by atomic mass is 10.2. The Kier molecular flexibility index (Phi) is 4.70. The first-order valence-electron chi connectivity index (χ1n) is 8.19. The van der Waals surface area contributed by atoms with Crippen LogP contribution in [-0.2, 0) is 11.3 Å². The first kappa shape index (κ1) is 16.2. The molecule has 0 saturated carbocycles. The summed E-state index contributed by atoms with van der Waals surface area (Å²) in [5.74, 6) is 0.753. The molecule has 0 amide bonds. The highest BCUT2D eigenvalue weighted by atomic mass is 32.2. The Hall–Kier alpha value is -2.33. The van der Waals surface area contributed by atoms with Gasteiger partial charge in [-0.3, -0.25) is 0 Å². The lowest BCUT2D eigenvalue weighted by molar-refractivity contribution is 0.0911. The third-order valence-electron chi connectivity index (χ3n) is 4.04. The number of thioether (sulfide) groups is 1. The molecule has 10 heteroatoms. The molecule has 2 aromatic heterocycles. The van der Waals surface area contributed by atoms with E-state index < -0.39 is 0 Å². The van der Waals surface area contributed by atoms with Crippen molar-refractivity contribution in [2.24, 2.45) is 0 Å². The Balaban J connectivity index is 1.51.